The van der Waals surface area contributed by atoms with Crippen molar-refractivity contribution >= 4 is 11.6 Å². The van der Waals surface area contributed by atoms with Gasteiger partial charge in [0.05, 0.1) is 0 Å². The van der Waals surface area contributed by atoms with Crippen LogP contribution >= 0.6 is 11.6 Å². The molecule has 0 saturated carbocycles. The Balaban J connectivity index is 2.07. The number of rotatable bonds is 6. The van der Waals surface area contributed by atoms with Gasteiger partial charge < -0.3 is 9.47 Å². The topological polar surface area (TPSA) is 18.5 Å². The number of alkyl halides is 4. The van der Waals surface area contributed by atoms with E-state index in [1.807, 2.05) is 30.3 Å². The van der Waals surface area contributed by atoms with Gasteiger partial charge in [0.2, 0.25) is 0 Å². The van der Waals surface area contributed by atoms with Crippen LogP contribution in [0.4, 0.5) is 13.2 Å². The minimum absolute atomic E-state index is 0.256. The molecular weight excluding hydrogens is 317 g/mol. The third-order valence-corrected chi connectivity index (χ3v) is 3.10. The molecular formula is C16H14ClF3O2. The summed E-state index contributed by atoms with van der Waals surface area (Å²) in [6.07, 6.45) is -4.37. The van der Waals surface area contributed by atoms with Crippen LogP contribution in [-0.4, -0.2) is 12.2 Å². The van der Waals surface area contributed by atoms with E-state index in [2.05, 4.69) is 4.74 Å². The molecule has 0 amide bonds. The molecule has 0 aromatic heterocycles. The van der Waals surface area contributed by atoms with E-state index in [1.165, 1.54) is 24.3 Å². The van der Waals surface area contributed by atoms with Crippen molar-refractivity contribution in [1.29, 1.82) is 0 Å². The van der Waals surface area contributed by atoms with Crippen LogP contribution in [0.15, 0.2) is 54.6 Å². The van der Waals surface area contributed by atoms with Gasteiger partial charge in [-0.3, -0.25) is 0 Å². The highest BCUT2D eigenvalue weighted by Gasteiger charge is 2.31. The maximum absolute atomic E-state index is 12.1. The van der Waals surface area contributed by atoms with Gasteiger partial charge in [-0.15, -0.1) is 24.8 Å². The Bertz CT molecular complexity index is 570. The van der Waals surface area contributed by atoms with E-state index in [4.69, 9.17) is 16.3 Å². The van der Waals surface area contributed by atoms with Crippen molar-refractivity contribution in [2.24, 2.45) is 0 Å². The van der Waals surface area contributed by atoms with E-state index >= 15 is 0 Å². The summed E-state index contributed by atoms with van der Waals surface area (Å²) in [6.45, 7) is 0. The Morgan fingerprint density at radius 1 is 0.909 bits per heavy atom. The summed E-state index contributed by atoms with van der Waals surface area (Å²) >= 11 is 5.79. The molecule has 0 aliphatic heterocycles. The fourth-order valence-corrected chi connectivity index (χ4v) is 2.14. The van der Waals surface area contributed by atoms with Crippen LogP contribution < -0.4 is 9.47 Å². The Morgan fingerprint density at radius 2 is 1.50 bits per heavy atom. The van der Waals surface area contributed by atoms with Crippen molar-refractivity contribution in [1.82, 2.24) is 0 Å². The molecule has 0 fully saturated rings. The second-order valence-corrected chi connectivity index (χ2v) is 4.89. The van der Waals surface area contributed by atoms with Gasteiger partial charge in [0.15, 0.2) is 0 Å². The highest BCUT2D eigenvalue weighted by Crippen LogP contribution is 2.28. The van der Waals surface area contributed by atoms with E-state index in [-0.39, 0.29) is 11.9 Å². The van der Waals surface area contributed by atoms with Crippen molar-refractivity contribution in [3.05, 3.63) is 60.2 Å². The van der Waals surface area contributed by atoms with Crippen LogP contribution in [-0.2, 0) is 0 Å². The van der Waals surface area contributed by atoms with E-state index in [0.717, 1.165) is 5.56 Å². The number of hydrogen-bond acceptors (Lipinski definition) is 2. The standard InChI is InChI=1S/C16H14ClF3O2/c17-11-10-15(12-4-2-1-3-5-12)21-13-6-8-14(9-7-13)22-16(18,19)20/h1-9,15H,10-11H2. The molecule has 0 spiro atoms. The van der Waals surface area contributed by atoms with Crippen molar-refractivity contribution in [2.75, 3.05) is 5.88 Å². The molecule has 0 saturated heterocycles. The first-order chi connectivity index (χ1) is 10.5. The monoisotopic (exact) mass is 330 g/mol. The molecule has 0 bridgehead atoms. The summed E-state index contributed by atoms with van der Waals surface area (Å²) < 4.78 is 45.9. The third kappa shape index (κ3) is 5.15. The fourth-order valence-electron chi connectivity index (χ4n) is 1.94. The zero-order chi connectivity index (χ0) is 16.0. The van der Waals surface area contributed by atoms with Crippen LogP contribution in [0.2, 0.25) is 0 Å². The number of halogens is 4. The second kappa shape index (κ2) is 7.40. The molecule has 1 unspecified atom stereocenters. The lowest BCUT2D eigenvalue weighted by Gasteiger charge is -2.19. The van der Waals surface area contributed by atoms with E-state index in [1.54, 1.807) is 0 Å². The minimum atomic E-state index is -4.70. The van der Waals surface area contributed by atoms with Crippen molar-refractivity contribution in [3.8, 4) is 11.5 Å². The van der Waals surface area contributed by atoms with Crippen molar-refractivity contribution in [2.45, 2.75) is 18.9 Å². The summed E-state index contributed by atoms with van der Waals surface area (Å²) in [6, 6.07) is 14.8. The molecule has 0 radical (unpaired) electrons. The summed E-state index contributed by atoms with van der Waals surface area (Å²) in [4.78, 5) is 0. The molecule has 2 nitrogen and oxygen atoms in total. The van der Waals surface area contributed by atoms with Crippen LogP contribution in [0, 0.1) is 0 Å². The Labute approximate surface area is 131 Å². The first-order valence-electron chi connectivity index (χ1n) is 6.61. The molecule has 2 rings (SSSR count). The zero-order valence-corrected chi connectivity index (χ0v) is 12.3. The summed E-state index contributed by atoms with van der Waals surface area (Å²) in [5, 5.41) is 0. The Kier molecular flexibility index (Phi) is 5.55. The summed E-state index contributed by atoms with van der Waals surface area (Å²) in [7, 11) is 0. The van der Waals surface area contributed by atoms with Gasteiger partial charge in [0.25, 0.3) is 0 Å². The number of benzene rings is 2. The summed E-state index contributed by atoms with van der Waals surface area (Å²) in [5.74, 6) is 0.580. The molecule has 0 aliphatic carbocycles. The van der Waals surface area contributed by atoms with Crippen LogP contribution in [0.5, 0.6) is 11.5 Å². The lowest BCUT2D eigenvalue weighted by atomic mass is 10.1. The normalized spacial score (nSPS) is 12.7. The van der Waals surface area contributed by atoms with Crippen LogP contribution in [0.3, 0.4) is 0 Å². The van der Waals surface area contributed by atoms with Gasteiger partial charge >= 0.3 is 6.36 Å². The second-order valence-electron chi connectivity index (χ2n) is 4.51. The minimum Gasteiger partial charge on any atom is -0.486 e. The zero-order valence-electron chi connectivity index (χ0n) is 11.5. The number of ether oxygens (including phenoxy) is 2. The van der Waals surface area contributed by atoms with E-state index in [0.29, 0.717) is 18.1 Å². The third-order valence-electron chi connectivity index (χ3n) is 2.88. The first-order valence-corrected chi connectivity index (χ1v) is 7.15. The molecule has 0 N–H and O–H groups in total. The van der Waals surface area contributed by atoms with Gasteiger partial charge in [0.1, 0.15) is 17.6 Å². The molecule has 1 atom stereocenters. The largest absolute Gasteiger partial charge is 0.573 e. The molecule has 2 aromatic carbocycles. The fraction of sp³-hybridized carbons (Fsp3) is 0.250. The quantitative estimate of drug-likeness (QED) is 0.666. The van der Waals surface area contributed by atoms with Crippen molar-refractivity contribution < 1.29 is 22.6 Å². The molecule has 0 heterocycles. The smallest absolute Gasteiger partial charge is 0.486 e. The molecule has 118 valence electrons. The number of hydrogen-bond donors (Lipinski definition) is 0. The first kappa shape index (κ1) is 16.5. The van der Waals surface area contributed by atoms with Gasteiger partial charge in [0, 0.05) is 12.3 Å². The van der Waals surface area contributed by atoms with Crippen LogP contribution in [0.25, 0.3) is 0 Å². The van der Waals surface area contributed by atoms with Gasteiger partial charge in [-0.2, -0.15) is 0 Å². The highest BCUT2D eigenvalue weighted by molar-refractivity contribution is 6.17. The highest BCUT2D eigenvalue weighted by atomic mass is 35.5. The van der Waals surface area contributed by atoms with Crippen molar-refractivity contribution in [3.63, 3.8) is 0 Å². The molecule has 22 heavy (non-hydrogen) atoms. The molecule has 2 aromatic rings. The van der Waals surface area contributed by atoms with E-state index < -0.39 is 6.36 Å². The Morgan fingerprint density at radius 3 is 2.05 bits per heavy atom. The maximum atomic E-state index is 12.1. The Hall–Kier alpha value is -1.88. The van der Waals surface area contributed by atoms with Gasteiger partial charge in [-0.25, -0.2) is 0 Å². The average Bonchev–Trinajstić information content (AvgIpc) is 2.48. The molecule has 6 heteroatoms. The predicted octanol–water partition coefficient (Wildman–Crippen LogP) is 5.33. The lowest BCUT2D eigenvalue weighted by Crippen LogP contribution is -2.17. The van der Waals surface area contributed by atoms with E-state index in [9.17, 15) is 13.2 Å². The lowest BCUT2D eigenvalue weighted by molar-refractivity contribution is -0.274. The maximum Gasteiger partial charge on any atom is 0.573 e. The van der Waals surface area contributed by atoms with Gasteiger partial charge in [-0.05, 0) is 29.8 Å². The summed E-state index contributed by atoms with van der Waals surface area (Å²) in [5.41, 5.74) is 0.957. The SMILES string of the molecule is FC(F)(F)Oc1ccc(OC(CCCl)c2ccccc2)cc1. The molecule has 0 aliphatic rings. The van der Waals surface area contributed by atoms with Gasteiger partial charge in [-0.1, -0.05) is 30.3 Å². The van der Waals surface area contributed by atoms with Crippen LogP contribution in [0.1, 0.15) is 18.1 Å². The predicted molar refractivity (Wildman–Crippen MR) is 78.3 cm³/mol. The average molecular weight is 331 g/mol.